The van der Waals surface area contributed by atoms with Gasteiger partial charge in [0, 0.05) is 17.5 Å². The number of aliphatic hydroxyl groups excluding tert-OH is 1. The summed E-state index contributed by atoms with van der Waals surface area (Å²) in [5.41, 5.74) is 3.01. The highest BCUT2D eigenvalue weighted by Crippen LogP contribution is 2.43. The average molecular weight is 394 g/mol. The number of halogens is 3. The van der Waals surface area contributed by atoms with Crippen molar-refractivity contribution in [3.63, 3.8) is 0 Å². The van der Waals surface area contributed by atoms with Crippen molar-refractivity contribution in [2.75, 3.05) is 13.7 Å². The number of allylic oxidation sites excluding steroid dienone is 1. The van der Waals surface area contributed by atoms with Crippen LogP contribution >= 0.6 is 0 Å². The fraction of sp³-hybridized carbons (Fsp3) is 0.250. The van der Waals surface area contributed by atoms with E-state index in [1.165, 1.54) is 31.4 Å². The molecule has 0 aliphatic carbocycles. The van der Waals surface area contributed by atoms with Crippen LogP contribution < -0.4 is 9.47 Å². The van der Waals surface area contributed by atoms with Crippen molar-refractivity contribution >= 4 is 11.5 Å². The summed E-state index contributed by atoms with van der Waals surface area (Å²) in [6, 6.07) is 6.99. The summed E-state index contributed by atoms with van der Waals surface area (Å²) < 4.78 is 51.6. The Balaban J connectivity index is 2.15. The van der Waals surface area contributed by atoms with Crippen LogP contribution in [0.25, 0.3) is 16.7 Å². The highest BCUT2D eigenvalue weighted by molar-refractivity contribution is 6.00. The number of ether oxygens (including phenoxy) is 3. The second-order valence-electron chi connectivity index (χ2n) is 6.13. The van der Waals surface area contributed by atoms with Crippen molar-refractivity contribution in [2.24, 2.45) is 0 Å². The minimum Gasteiger partial charge on any atom is -0.515 e. The molecular formula is C20H17F3O5. The first-order valence-corrected chi connectivity index (χ1v) is 8.33. The summed E-state index contributed by atoms with van der Waals surface area (Å²) >= 11 is 0. The van der Waals surface area contributed by atoms with E-state index in [1.54, 1.807) is 13.0 Å². The van der Waals surface area contributed by atoms with Gasteiger partial charge in [0.25, 0.3) is 0 Å². The predicted octanol–water partition coefficient (Wildman–Crippen LogP) is 4.89. The largest absolute Gasteiger partial charge is 0.573 e. The molecule has 5 nitrogen and oxygen atoms in total. The molecule has 3 rings (SSSR count). The van der Waals surface area contributed by atoms with Crippen LogP contribution in [0.2, 0.25) is 0 Å². The third-order valence-corrected chi connectivity index (χ3v) is 4.38. The van der Waals surface area contributed by atoms with Crippen LogP contribution in [0.3, 0.4) is 0 Å². The second kappa shape index (κ2) is 7.46. The van der Waals surface area contributed by atoms with Crippen LogP contribution in [-0.4, -0.2) is 31.2 Å². The number of carbonyl (C=O) groups is 1. The summed E-state index contributed by atoms with van der Waals surface area (Å²) in [6.45, 7) is 1.99. The lowest BCUT2D eigenvalue weighted by molar-refractivity contribution is -0.274. The van der Waals surface area contributed by atoms with Gasteiger partial charge >= 0.3 is 12.3 Å². The van der Waals surface area contributed by atoms with Crippen LogP contribution in [0.15, 0.2) is 36.6 Å². The van der Waals surface area contributed by atoms with Gasteiger partial charge in [-0.25, -0.2) is 4.79 Å². The van der Waals surface area contributed by atoms with Crippen molar-refractivity contribution in [1.29, 1.82) is 0 Å². The number of benzene rings is 2. The lowest BCUT2D eigenvalue weighted by Crippen LogP contribution is -2.16. The molecule has 0 saturated carbocycles. The van der Waals surface area contributed by atoms with Crippen molar-refractivity contribution in [1.82, 2.24) is 0 Å². The maximum absolute atomic E-state index is 12.4. The number of hydrogen-bond donors (Lipinski definition) is 1. The maximum atomic E-state index is 12.4. The molecule has 148 valence electrons. The molecule has 0 unspecified atom stereocenters. The zero-order valence-corrected chi connectivity index (χ0v) is 15.1. The molecule has 0 amide bonds. The molecule has 0 atom stereocenters. The fourth-order valence-electron chi connectivity index (χ4n) is 3.15. The van der Waals surface area contributed by atoms with Crippen molar-refractivity contribution in [3.05, 3.63) is 53.3 Å². The molecule has 0 spiro atoms. The van der Waals surface area contributed by atoms with E-state index in [1.807, 2.05) is 0 Å². The highest BCUT2D eigenvalue weighted by Gasteiger charge is 2.31. The van der Waals surface area contributed by atoms with Crippen molar-refractivity contribution in [3.8, 4) is 22.6 Å². The van der Waals surface area contributed by atoms with Crippen molar-refractivity contribution in [2.45, 2.75) is 19.7 Å². The highest BCUT2D eigenvalue weighted by atomic mass is 19.4. The third-order valence-electron chi connectivity index (χ3n) is 4.38. The molecule has 0 radical (unpaired) electrons. The Kier molecular flexibility index (Phi) is 5.22. The summed E-state index contributed by atoms with van der Waals surface area (Å²) in [5, 5.41) is 9.45. The van der Waals surface area contributed by atoms with Gasteiger partial charge in [0.05, 0.1) is 25.5 Å². The second-order valence-corrected chi connectivity index (χ2v) is 6.13. The van der Waals surface area contributed by atoms with Crippen LogP contribution in [0, 0.1) is 0 Å². The molecule has 0 aromatic heterocycles. The van der Waals surface area contributed by atoms with Gasteiger partial charge in [0.1, 0.15) is 11.5 Å². The predicted molar refractivity (Wildman–Crippen MR) is 95.4 cm³/mol. The van der Waals surface area contributed by atoms with Gasteiger partial charge in [-0.05, 0) is 41.8 Å². The van der Waals surface area contributed by atoms with E-state index in [4.69, 9.17) is 9.47 Å². The number of hydrogen-bond acceptors (Lipinski definition) is 5. The topological polar surface area (TPSA) is 65.0 Å². The first kappa shape index (κ1) is 19.6. The smallest absolute Gasteiger partial charge is 0.515 e. The fourth-order valence-corrected chi connectivity index (χ4v) is 3.15. The molecule has 0 fully saturated rings. The van der Waals surface area contributed by atoms with Gasteiger partial charge in [-0.1, -0.05) is 12.1 Å². The van der Waals surface area contributed by atoms with Gasteiger partial charge < -0.3 is 19.3 Å². The zero-order chi connectivity index (χ0) is 20.5. The zero-order valence-electron chi connectivity index (χ0n) is 15.1. The average Bonchev–Trinajstić information content (AvgIpc) is 3.14. The summed E-state index contributed by atoms with van der Waals surface area (Å²) in [6.07, 6.45) is -3.42. The lowest BCUT2D eigenvalue weighted by Gasteiger charge is -2.17. The summed E-state index contributed by atoms with van der Waals surface area (Å²) in [5.74, 6) is -0.426. The van der Waals surface area contributed by atoms with Crippen LogP contribution in [0.5, 0.6) is 11.5 Å². The Bertz CT molecular complexity index is 930. The number of esters is 1. The van der Waals surface area contributed by atoms with E-state index >= 15 is 0 Å². The minimum atomic E-state index is -4.77. The first-order valence-electron chi connectivity index (χ1n) is 8.33. The SMILES string of the molecule is COC(=O)c1c(/C(C)=C\O)cc(-c2ccc(OC(F)(F)F)cc2)c2c1CCO2. The molecule has 8 heteroatoms. The summed E-state index contributed by atoms with van der Waals surface area (Å²) in [4.78, 5) is 12.3. The quantitative estimate of drug-likeness (QED) is 0.591. The van der Waals surface area contributed by atoms with E-state index in [9.17, 15) is 23.1 Å². The first-order chi connectivity index (χ1) is 13.2. The van der Waals surface area contributed by atoms with Crippen LogP contribution in [0.1, 0.15) is 28.4 Å². The number of methoxy groups -OCH3 is 1. The van der Waals surface area contributed by atoms with Gasteiger partial charge in [-0.3, -0.25) is 0 Å². The molecule has 1 N–H and O–H groups in total. The standard InChI is InChI=1S/C20H17F3O5/c1-11(10-24)15-9-16(12-3-5-13(6-4-12)28-20(21,22)23)18-14(7-8-27-18)17(15)19(25)26-2/h3-6,9-10,24H,7-8H2,1-2H3/b11-10-. The normalized spacial score (nSPS) is 13.7. The Morgan fingerprint density at radius 1 is 1.25 bits per heavy atom. The van der Waals surface area contributed by atoms with E-state index < -0.39 is 12.3 Å². The van der Waals surface area contributed by atoms with E-state index in [2.05, 4.69) is 4.74 Å². The van der Waals surface area contributed by atoms with Crippen molar-refractivity contribution < 1.29 is 37.3 Å². The van der Waals surface area contributed by atoms with E-state index in [-0.39, 0.29) is 5.75 Å². The molecule has 1 heterocycles. The monoisotopic (exact) mass is 394 g/mol. The molecular weight excluding hydrogens is 377 g/mol. The number of carbonyl (C=O) groups excluding carboxylic acids is 1. The molecule has 2 aromatic rings. The van der Waals surface area contributed by atoms with E-state index in [0.29, 0.717) is 52.2 Å². The van der Waals surface area contributed by atoms with Crippen LogP contribution in [-0.2, 0) is 11.2 Å². The number of rotatable bonds is 4. The number of alkyl halides is 3. The van der Waals surface area contributed by atoms with Crippen LogP contribution in [0.4, 0.5) is 13.2 Å². The number of fused-ring (bicyclic) bond motifs is 1. The molecule has 28 heavy (non-hydrogen) atoms. The van der Waals surface area contributed by atoms with Gasteiger partial charge in [0.15, 0.2) is 0 Å². The Labute approximate surface area is 159 Å². The Morgan fingerprint density at radius 2 is 1.93 bits per heavy atom. The van der Waals surface area contributed by atoms with Gasteiger partial charge in [0.2, 0.25) is 0 Å². The van der Waals surface area contributed by atoms with E-state index in [0.717, 1.165) is 6.26 Å². The molecule has 1 aliphatic rings. The minimum absolute atomic E-state index is 0.304. The summed E-state index contributed by atoms with van der Waals surface area (Å²) in [7, 11) is 1.26. The number of aliphatic hydroxyl groups is 1. The molecule has 1 aliphatic heterocycles. The molecule has 0 bridgehead atoms. The maximum Gasteiger partial charge on any atom is 0.573 e. The molecule has 0 saturated heterocycles. The Hall–Kier alpha value is -3.16. The Morgan fingerprint density at radius 3 is 2.50 bits per heavy atom. The lowest BCUT2D eigenvalue weighted by atomic mass is 9.89. The molecule has 2 aromatic carbocycles. The van der Waals surface area contributed by atoms with Gasteiger partial charge in [-0.15, -0.1) is 13.2 Å². The third kappa shape index (κ3) is 3.76. The van der Waals surface area contributed by atoms with Gasteiger partial charge in [-0.2, -0.15) is 0 Å².